The zero-order chi connectivity index (χ0) is 15.6. The van der Waals surface area contributed by atoms with Crippen LogP contribution in [0.1, 0.15) is 12.1 Å². The van der Waals surface area contributed by atoms with Crippen molar-refractivity contribution in [3.05, 3.63) is 72.4 Å². The Morgan fingerprint density at radius 1 is 0.958 bits per heavy atom. The molecule has 0 saturated heterocycles. The second kappa shape index (κ2) is 7.16. The lowest BCUT2D eigenvalue weighted by atomic mass is 9.99. The van der Waals surface area contributed by atoms with Gasteiger partial charge in [-0.1, -0.05) is 60.7 Å². The molecule has 0 spiro atoms. The number of nitrogens with zero attached hydrogens (tertiary/aromatic N) is 2. The number of likely N-dealkylation sites (N-methyl/N-ethyl adjacent to an activating group) is 1. The monoisotopic (exact) mass is 336 g/mol. The number of rotatable bonds is 2. The first-order chi connectivity index (χ1) is 11.3. The van der Waals surface area contributed by atoms with Crippen molar-refractivity contribution in [2.45, 2.75) is 6.42 Å². The minimum absolute atomic E-state index is 0. The molecule has 0 radical (unpaired) electrons. The summed E-state index contributed by atoms with van der Waals surface area (Å²) in [5.41, 5.74) is 4.69. The summed E-state index contributed by atoms with van der Waals surface area (Å²) in [7, 11) is 2.17. The molecule has 3 heteroatoms. The van der Waals surface area contributed by atoms with Crippen molar-refractivity contribution >= 4 is 28.8 Å². The molecule has 24 heavy (non-hydrogen) atoms. The summed E-state index contributed by atoms with van der Waals surface area (Å²) in [6, 6.07) is 21.2. The second-order valence-corrected chi connectivity index (χ2v) is 6.20. The normalized spacial score (nSPS) is 15.0. The van der Waals surface area contributed by atoms with Gasteiger partial charge in [-0.15, -0.1) is 12.4 Å². The summed E-state index contributed by atoms with van der Waals surface area (Å²) >= 11 is 0. The van der Waals surface area contributed by atoms with Crippen LogP contribution in [-0.2, 0) is 0 Å². The molecule has 2 heterocycles. The molecule has 1 aromatic heterocycles. The number of aromatic nitrogens is 1. The van der Waals surface area contributed by atoms with E-state index in [0.29, 0.717) is 0 Å². The maximum absolute atomic E-state index is 5.03. The van der Waals surface area contributed by atoms with Crippen LogP contribution in [0.5, 0.6) is 0 Å². The van der Waals surface area contributed by atoms with Crippen molar-refractivity contribution in [3.8, 4) is 11.3 Å². The van der Waals surface area contributed by atoms with Crippen LogP contribution in [0.3, 0.4) is 0 Å². The highest BCUT2D eigenvalue weighted by atomic mass is 35.5. The largest absolute Gasteiger partial charge is 0.302 e. The number of pyridine rings is 1. The van der Waals surface area contributed by atoms with E-state index in [1.165, 1.54) is 21.9 Å². The first kappa shape index (κ1) is 16.7. The Hall–Kier alpha value is -2.16. The number of fused-ring (bicyclic) bond motifs is 1. The van der Waals surface area contributed by atoms with Crippen LogP contribution in [0.4, 0.5) is 0 Å². The van der Waals surface area contributed by atoms with E-state index in [-0.39, 0.29) is 12.4 Å². The minimum atomic E-state index is 0. The molecule has 2 aromatic carbocycles. The molecule has 0 unspecified atom stereocenters. The first-order valence-corrected chi connectivity index (χ1v) is 8.14. The molecule has 0 N–H and O–H groups in total. The maximum atomic E-state index is 5.03. The summed E-state index contributed by atoms with van der Waals surface area (Å²) in [6.07, 6.45) is 3.44. The lowest BCUT2D eigenvalue weighted by molar-refractivity contribution is 0.372. The smallest absolute Gasteiger partial charge is 0.0787 e. The van der Waals surface area contributed by atoms with Gasteiger partial charge in [-0.2, -0.15) is 0 Å². The van der Waals surface area contributed by atoms with Gasteiger partial charge in [-0.25, -0.2) is 4.98 Å². The summed E-state index contributed by atoms with van der Waals surface area (Å²) in [5.74, 6) is 0. The summed E-state index contributed by atoms with van der Waals surface area (Å²) < 4.78 is 0. The van der Waals surface area contributed by atoms with Gasteiger partial charge in [0.15, 0.2) is 0 Å². The SMILES string of the molecule is CN1CCC=C(c2cc3ccccc3c(-c3ccccc3)n2)C1.Cl. The summed E-state index contributed by atoms with van der Waals surface area (Å²) in [5, 5.41) is 2.47. The van der Waals surface area contributed by atoms with E-state index >= 15 is 0 Å². The van der Waals surface area contributed by atoms with Crippen LogP contribution >= 0.6 is 12.4 Å². The van der Waals surface area contributed by atoms with Gasteiger partial charge in [0.25, 0.3) is 0 Å². The molecule has 0 amide bonds. The number of hydrogen-bond donors (Lipinski definition) is 0. The van der Waals surface area contributed by atoms with Gasteiger partial charge in [0.2, 0.25) is 0 Å². The maximum Gasteiger partial charge on any atom is 0.0787 e. The predicted molar refractivity (Wildman–Crippen MR) is 105 cm³/mol. The Balaban J connectivity index is 0.00000169. The van der Waals surface area contributed by atoms with Gasteiger partial charge < -0.3 is 4.90 Å². The van der Waals surface area contributed by atoms with E-state index in [1.54, 1.807) is 0 Å². The van der Waals surface area contributed by atoms with Crippen LogP contribution in [-0.4, -0.2) is 30.0 Å². The molecule has 3 aromatic rings. The highest BCUT2D eigenvalue weighted by Gasteiger charge is 2.14. The second-order valence-electron chi connectivity index (χ2n) is 6.20. The van der Waals surface area contributed by atoms with Gasteiger partial charge in [0.1, 0.15) is 0 Å². The summed E-state index contributed by atoms with van der Waals surface area (Å²) in [6.45, 7) is 2.10. The van der Waals surface area contributed by atoms with E-state index in [1.807, 2.05) is 6.07 Å². The van der Waals surface area contributed by atoms with E-state index in [2.05, 4.69) is 72.6 Å². The van der Waals surface area contributed by atoms with Gasteiger partial charge in [-0.05, 0) is 30.5 Å². The Bertz CT molecular complexity index is 871. The van der Waals surface area contributed by atoms with Crippen molar-refractivity contribution < 1.29 is 0 Å². The van der Waals surface area contributed by atoms with Crippen LogP contribution in [0.25, 0.3) is 27.6 Å². The van der Waals surface area contributed by atoms with Gasteiger partial charge in [0, 0.05) is 24.0 Å². The highest BCUT2D eigenvalue weighted by molar-refractivity contribution is 5.96. The average Bonchev–Trinajstić information content (AvgIpc) is 2.61. The van der Waals surface area contributed by atoms with Crippen LogP contribution in [0, 0.1) is 0 Å². The van der Waals surface area contributed by atoms with Crippen LogP contribution < -0.4 is 0 Å². The average molecular weight is 337 g/mol. The lowest BCUT2D eigenvalue weighted by Crippen LogP contribution is -2.25. The fourth-order valence-electron chi connectivity index (χ4n) is 3.26. The van der Waals surface area contributed by atoms with E-state index in [4.69, 9.17) is 4.98 Å². The third-order valence-electron chi connectivity index (χ3n) is 4.46. The van der Waals surface area contributed by atoms with E-state index < -0.39 is 0 Å². The molecule has 0 aliphatic carbocycles. The van der Waals surface area contributed by atoms with E-state index in [9.17, 15) is 0 Å². The number of benzene rings is 2. The highest BCUT2D eigenvalue weighted by Crippen LogP contribution is 2.30. The molecular weight excluding hydrogens is 316 g/mol. The van der Waals surface area contributed by atoms with E-state index in [0.717, 1.165) is 30.9 Å². The van der Waals surface area contributed by atoms with Gasteiger partial charge in [0.05, 0.1) is 11.4 Å². The molecule has 0 saturated carbocycles. The van der Waals surface area contributed by atoms with Crippen molar-refractivity contribution in [2.24, 2.45) is 0 Å². The zero-order valence-corrected chi connectivity index (χ0v) is 14.6. The van der Waals surface area contributed by atoms with Crippen molar-refractivity contribution in [1.29, 1.82) is 0 Å². The quantitative estimate of drug-likeness (QED) is 0.651. The molecule has 4 rings (SSSR count). The van der Waals surface area contributed by atoms with Gasteiger partial charge in [-0.3, -0.25) is 0 Å². The van der Waals surface area contributed by atoms with Gasteiger partial charge >= 0.3 is 0 Å². The Kier molecular flexibility index (Phi) is 4.98. The van der Waals surface area contributed by atoms with Crippen LogP contribution in [0.2, 0.25) is 0 Å². The molecule has 0 fully saturated rings. The summed E-state index contributed by atoms with van der Waals surface area (Å²) in [4.78, 5) is 7.39. The third-order valence-corrected chi connectivity index (χ3v) is 4.46. The topological polar surface area (TPSA) is 16.1 Å². The first-order valence-electron chi connectivity index (χ1n) is 8.14. The molecule has 1 aliphatic heterocycles. The van der Waals surface area contributed by atoms with Crippen molar-refractivity contribution in [2.75, 3.05) is 20.1 Å². The zero-order valence-electron chi connectivity index (χ0n) is 13.8. The Labute approximate surface area is 149 Å². The lowest BCUT2D eigenvalue weighted by Gasteiger charge is -2.23. The van der Waals surface area contributed by atoms with Crippen LogP contribution in [0.15, 0.2) is 66.7 Å². The number of halogens is 1. The third kappa shape index (κ3) is 3.21. The molecule has 0 bridgehead atoms. The molecule has 1 aliphatic rings. The molecular formula is C21H21ClN2. The molecule has 2 nitrogen and oxygen atoms in total. The Morgan fingerprint density at radius 2 is 1.71 bits per heavy atom. The Morgan fingerprint density at radius 3 is 2.50 bits per heavy atom. The fraction of sp³-hybridized carbons (Fsp3) is 0.190. The predicted octanol–water partition coefficient (Wildman–Crippen LogP) is 5.04. The van der Waals surface area contributed by atoms with Crippen molar-refractivity contribution in [1.82, 2.24) is 9.88 Å². The van der Waals surface area contributed by atoms with Crippen molar-refractivity contribution in [3.63, 3.8) is 0 Å². The fourth-order valence-corrected chi connectivity index (χ4v) is 3.26. The standard InChI is InChI=1S/C21H20N2.ClH/c1-23-13-7-11-18(15-23)20-14-17-10-5-6-12-19(17)21(22-20)16-8-3-2-4-9-16;/h2-6,8-12,14H,7,13,15H2,1H3;1H. The number of hydrogen-bond acceptors (Lipinski definition) is 2. The minimum Gasteiger partial charge on any atom is -0.302 e. The molecule has 122 valence electrons. The molecule has 0 atom stereocenters.